The van der Waals surface area contributed by atoms with Crippen LogP contribution >= 0.6 is 0 Å². The predicted molar refractivity (Wildman–Crippen MR) is 49.8 cm³/mol. The number of hydrogen-bond donors (Lipinski definition) is 1. The fraction of sp³-hybridized carbons (Fsp3) is 0.400. The molecule has 1 N–H and O–H groups in total. The van der Waals surface area contributed by atoms with Crippen molar-refractivity contribution in [1.29, 1.82) is 0 Å². The molecule has 0 aliphatic heterocycles. The maximum Gasteiger partial charge on any atom is 0.115 e. The van der Waals surface area contributed by atoms with Crippen molar-refractivity contribution >= 4 is 0 Å². The van der Waals surface area contributed by atoms with Gasteiger partial charge in [-0.2, -0.15) is 5.48 Å². The number of rotatable bonds is 4. The van der Waals surface area contributed by atoms with Crippen molar-refractivity contribution in [3.63, 3.8) is 0 Å². The molecule has 0 fully saturated rings. The Balaban J connectivity index is 2.78. The molecule has 1 aromatic carbocycles. The quantitative estimate of drug-likeness (QED) is 0.722. The van der Waals surface area contributed by atoms with E-state index in [1.807, 2.05) is 19.1 Å². The van der Waals surface area contributed by atoms with Gasteiger partial charge in [-0.3, -0.25) is 0 Å². The minimum absolute atomic E-state index is 0.416. The van der Waals surface area contributed by atoms with Gasteiger partial charge in [-0.25, -0.2) is 4.39 Å². The van der Waals surface area contributed by atoms with Crippen LogP contribution in [0.3, 0.4) is 0 Å². The van der Waals surface area contributed by atoms with Crippen molar-refractivity contribution in [2.45, 2.75) is 20.1 Å². The van der Waals surface area contributed by atoms with Crippen molar-refractivity contribution in [2.24, 2.45) is 0 Å². The van der Waals surface area contributed by atoms with E-state index in [0.717, 1.165) is 11.1 Å². The van der Waals surface area contributed by atoms with Crippen LogP contribution in [0.1, 0.15) is 16.7 Å². The van der Waals surface area contributed by atoms with Crippen LogP contribution in [0.4, 0.5) is 4.39 Å². The highest BCUT2D eigenvalue weighted by atomic mass is 19.1. The number of benzene rings is 1. The molecule has 1 aromatic rings. The van der Waals surface area contributed by atoms with Gasteiger partial charge in [0.25, 0.3) is 0 Å². The maximum absolute atomic E-state index is 12.3. The molecule has 13 heavy (non-hydrogen) atoms. The standard InChI is InChI=1S/C10H14FNO/c1-8-3-4-9(6-11)5-10(8)7-12-13-2/h3-5,12H,6-7H2,1-2H3. The van der Waals surface area contributed by atoms with E-state index in [-0.39, 0.29) is 0 Å². The summed E-state index contributed by atoms with van der Waals surface area (Å²) in [5.74, 6) is 0. The summed E-state index contributed by atoms with van der Waals surface area (Å²) in [6.07, 6.45) is 0. The molecule has 0 aliphatic rings. The van der Waals surface area contributed by atoms with Gasteiger partial charge in [0, 0.05) is 6.54 Å². The molecule has 3 heteroatoms. The third kappa shape index (κ3) is 2.79. The smallest absolute Gasteiger partial charge is 0.115 e. The normalized spacial score (nSPS) is 10.4. The van der Waals surface area contributed by atoms with E-state index in [1.54, 1.807) is 13.2 Å². The van der Waals surface area contributed by atoms with E-state index in [9.17, 15) is 4.39 Å². The minimum atomic E-state index is -0.416. The first kappa shape index (κ1) is 10.2. The highest BCUT2D eigenvalue weighted by Crippen LogP contribution is 2.11. The Kier molecular flexibility index (Phi) is 3.86. The maximum atomic E-state index is 12.3. The number of hydroxylamine groups is 1. The number of aryl methyl sites for hydroxylation is 1. The average Bonchev–Trinajstić information content (AvgIpc) is 2.17. The Labute approximate surface area is 77.7 Å². The van der Waals surface area contributed by atoms with Gasteiger partial charge in [-0.15, -0.1) is 0 Å². The number of alkyl halides is 1. The van der Waals surface area contributed by atoms with Crippen molar-refractivity contribution < 1.29 is 9.23 Å². The molecule has 0 bridgehead atoms. The van der Waals surface area contributed by atoms with Gasteiger partial charge >= 0.3 is 0 Å². The monoisotopic (exact) mass is 183 g/mol. The van der Waals surface area contributed by atoms with Crippen molar-refractivity contribution in [3.05, 3.63) is 34.9 Å². The van der Waals surface area contributed by atoms with Gasteiger partial charge in [0.05, 0.1) is 7.11 Å². The molecule has 1 rings (SSSR count). The van der Waals surface area contributed by atoms with Crippen LogP contribution in [-0.4, -0.2) is 7.11 Å². The fourth-order valence-electron chi connectivity index (χ4n) is 1.15. The number of hydrogen-bond acceptors (Lipinski definition) is 2. The third-order valence-corrected chi connectivity index (χ3v) is 1.97. The van der Waals surface area contributed by atoms with Crippen LogP contribution in [0.5, 0.6) is 0 Å². The zero-order valence-electron chi connectivity index (χ0n) is 7.93. The second kappa shape index (κ2) is 4.94. The summed E-state index contributed by atoms with van der Waals surface area (Å²) in [5, 5.41) is 0. The fourth-order valence-corrected chi connectivity index (χ4v) is 1.15. The van der Waals surface area contributed by atoms with E-state index in [1.165, 1.54) is 0 Å². The van der Waals surface area contributed by atoms with E-state index in [4.69, 9.17) is 4.84 Å². The Morgan fingerprint density at radius 1 is 1.46 bits per heavy atom. The molecule has 0 saturated carbocycles. The highest BCUT2D eigenvalue weighted by Gasteiger charge is 1.99. The molecule has 2 nitrogen and oxygen atoms in total. The second-order valence-electron chi connectivity index (χ2n) is 2.92. The molecular formula is C10H14FNO. The van der Waals surface area contributed by atoms with Gasteiger partial charge in [-0.05, 0) is 23.6 Å². The lowest BCUT2D eigenvalue weighted by atomic mass is 10.1. The molecule has 0 heterocycles. The van der Waals surface area contributed by atoms with Gasteiger partial charge in [0.1, 0.15) is 6.67 Å². The lowest BCUT2D eigenvalue weighted by molar-refractivity contribution is 0.0865. The van der Waals surface area contributed by atoms with Gasteiger partial charge in [0.15, 0.2) is 0 Å². The van der Waals surface area contributed by atoms with Crippen LogP contribution < -0.4 is 5.48 Å². The summed E-state index contributed by atoms with van der Waals surface area (Å²) in [6.45, 7) is 2.19. The zero-order valence-corrected chi connectivity index (χ0v) is 7.93. The first-order valence-electron chi connectivity index (χ1n) is 4.18. The summed E-state index contributed by atoms with van der Waals surface area (Å²) in [7, 11) is 1.56. The Morgan fingerprint density at radius 2 is 2.23 bits per heavy atom. The number of halogens is 1. The second-order valence-corrected chi connectivity index (χ2v) is 2.92. The van der Waals surface area contributed by atoms with Gasteiger partial charge in [-0.1, -0.05) is 18.2 Å². The summed E-state index contributed by atoms with van der Waals surface area (Å²) < 4.78 is 12.3. The third-order valence-electron chi connectivity index (χ3n) is 1.97. The summed E-state index contributed by atoms with van der Waals surface area (Å²) in [6, 6.07) is 5.56. The Hall–Kier alpha value is -0.930. The van der Waals surface area contributed by atoms with E-state index >= 15 is 0 Å². The van der Waals surface area contributed by atoms with Gasteiger partial charge < -0.3 is 4.84 Å². The van der Waals surface area contributed by atoms with Crippen LogP contribution in [0.25, 0.3) is 0 Å². The summed E-state index contributed by atoms with van der Waals surface area (Å²) in [4.78, 5) is 4.73. The highest BCUT2D eigenvalue weighted by molar-refractivity contribution is 5.30. The largest absolute Gasteiger partial charge is 0.305 e. The van der Waals surface area contributed by atoms with Crippen LogP contribution in [0.15, 0.2) is 18.2 Å². The SMILES string of the molecule is CONCc1cc(CF)ccc1C. The minimum Gasteiger partial charge on any atom is -0.305 e. The molecule has 0 spiro atoms. The lowest BCUT2D eigenvalue weighted by Gasteiger charge is -2.07. The van der Waals surface area contributed by atoms with E-state index in [0.29, 0.717) is 12.1 Å². The molecule has 0 radical (unpaired) electrons. The Morgan fingerprint density at radius 3 is 2.85 bits per heavy atom. The molecular weight excluding hydrogens is 169 g/mol. The summed E-state index contributed by atoms with van der Waals surface area (Å²) in [5.41, 5.74) is 5.65. The number of nitrogens with one attached hydrogen (secondary N) is 1. The zero-order chi connectivity index (χ0) is 9.68. The average molecular weight is 183 g/mol. The predicted octanol–water partition coefficient (Wildman–Crippen LogP) is 2.12. The molecule has 0 unspecified atom stereocenters. The topological polar surface area (TPSA) is 21.3 Å². The van der Waals surface area contributed by atoms with Crippen molar-refractivity contribution in [2.75, 3.05) is 7.11 Å². The Bertz CT molecular complexity index is 276. The molecule has 72 valence electrons. The molecule has 0 amide bonds. The van der Waals surface area contributed by atoms with Crippen molar-refractivity contribution in [3.8, 4) is 0 Å². The molecule has 0 atom stereocenters. The van der Waals surface area contributed by atoms with Gasteiger partial charge in [0.2, 0.25) is 0 Å². The lowest BCUT2D eigenvalue weighted by Crippen LogP contribution is -2.11. The van der Waals surface area contributed by atoms with Crippen LogP contribution in [0, 0.1) is 6.92 Å². The molecule has 0 aliphatic carbocycles. The first-order chi connectivity index (χ1) is 6.27. The first-order valence-corrected chi connectivity index (χ1v) is 4.18. The van der Waals surface area contributed by atoms with Crippen LogP contribution in [0.2, 0.25) is 0 Å². The molecule has 0 saturated heterocycles. The van der Waals surface area contributed by atoms with Crippen molar-refractivity contribution in [1.82, 2.24) is 5.48 Å². The molecule has 0 aromatic heterocycles. The van der Waals surface area contributed by atoms with Crippen LogP contribution in [-0.2, 0) is 18.1 Å². The van der Waals surface area contributed by atoms with E-state index in [2.05, 4.69) is 5.48 Å². The van der Waals surface area contributed by atoms with E-state index < -0.39 is 6.67 Å². The summed E-state index contributed by atoms with van der Waals surface area (Å²) >= 11 is 0.